The van der Waals surface area contributed by atoms with E-state index in [4.69, 9.17) is 9.84 Å². The number of pyridine rings is 2. The lowest BCUT2D eigenvalue weighted by Crippen LogP contribution is -2.29. The molecule has 5 rings (SSSR count). The number of nitrogens with zero attached hydrogens (tertiary/aromatic N) is 5. The van der Waals surface area contributed by atoms with Crippen molar-refractivity contribution in [3.63, 3.8) is 0 Å². The summed E-state index contributed by atoms with van der Waals surface area (Å²) in [5.74, 6) is 0.465. The van der Waals surface area contributed by atoms with Gasteiger partial charge >= 0.3 is 6.09 Å². The first-order chi connectivity index (χ1) is 16.6. The molecule has 174 valence electrons. The molecular weight excluding hydrogens is 428 g/mol. The van der Waals surface area contributed by atoms with Crippen LogP contribution < -0.4 is 10.1 Å². The summed E-state index contributed by atoms with van der Waals surface area (Å²) in [6, 6.07) is 13.5. The minimum atomic E-state index is -0.457. The van der Waals surface area contributed by atoms with Crippen molar-refractivity contribution >= 4 is 17.0 Å². The first-order valence-corrected chi connectivity index (χ1v) is 11.6. The number of benzene rings is 1. The van der Waals surface area contributed by atoms with Crippen LogP contribution in [-0.4, -0.2) is 57.9 Å². The lowest BCUT2D eigenvalue weighted by Gasteiger charge is -2.11. The van der Waals surface area contributed by atoms with Crippen LogP contribution in [0.1, 0.15) is 18.5 Å². The molecule has 1 amide bonds. The summed E-state index contributed by atoms with van der Waals surface area (Å²) in [5.41, 5.74) is 5.91. The van der Waals surface area contributed by atoms with Crippen molar-refractivity contribution in [2.45, 2.75) is 25.8 Å². The van der Waals surface area contributed by atoms with Gasteiger partial charge in [-0.1, -0.05) is 6.07 Å². The van der Waals surface area contributed by atoms with Crippen molar-refractivity contribution in [3.05, 3.63) is 60.6 Å². The molecule has 1 aliphatic heterocycles. The number of carbonyl (C=O) groups is 1. The Balaban J connectivity index is 1.45. The molecule has 3 aromatic heterocycles. The molecule has 4 aromatic rings. The molecule has 0 saturated carbocycles. The normalized spacial score (nSPS) is 12.8. The maximum Gasteiger partial charge on any atom is 0.412 e. The quantitative estimate of drug-likeness (QED) is 0.421. The Bertz CT molecular complexity index is 1320. The van der Waals surface area contributed by atoms with E-state index in [2.05, 4.69) is 24.9 Å². The number of ether oxygens (including phenoxy) is 1. The summed E-state index contributed by atoms with van der Waals surface area (Å²) in [5, 5.41) is 8.68. The number of fused-ring (bicyclic) bond motifs is 2. The second kappa shape index (κ2) is 9.61. The van der Waals surface area contributed by atoms with Crippen LogP contribution in [-0.2, 0) is 13.0 Å². The summed E-state index contributed by atoms with van der Waals surface area (Å²) < 4.78 is 7.60. The van der Waals surface area contributed by atoms with Gasteiger partial charge in [-0.3, -0.25) is 14.6 Å². The van der Waals surface area contributed by atoms with Crippen molar-refractivity contribution in [1.82, 2.24) is 30.0 Å². The van der Waals surface area contributed by atoms with Crippen LogP contribution in [0.5, 0.6) is 5.75 Å². The van der Waals surface area contributed by atoms with Gasteiger partial charge < -0.3 is 15.0 Å². The van der Waals surface area contributed by atoms with Gasteiger partial charge in [0, 0.05) is 48.2 Å². The summed E-state index contributed by atoms with van der Waals surface area (Å²) in [6.07, 6.45) is 6.06. The molecule has 0 atom stereocenters. The van der Waals surface area contributed by atoms with Crippen molar-refractivity contribution in [2.75, 3.05) is 27.2 Å². The smallest absolute Gasteiger partial charge is 0.410 e. The molecule has 0 unspecified atom stereocenters. The molecule has 0 fully saturated rings. The lowest BCUT2D eigenvalue weighted by molar-refractivity contribution is 0.200. The molecule has 1 aromatic carbocycles. The van der Waals surface area contributed by atoms with Crippen molar-refractivity contribution < 1.29 is 9.53 Å². The first-order valence-electron chi connectivity index (χ1n) is 11.6. The minimum Gasteiger partial charge on any atom is -0.410 e. The van der Waals surface area contributed by atoms with Gasteiger partial charge in [0.2, 0.25) is 0 Å². The number of amides is 1. The molecule has 8 heteroatoms. The van der Waals surface area contributed by atoms with E-state index < -0.39 is 6.09 Å². The standard InChI is InChI=1S/C26H28N6O2/c1-31(2)15-6-13-29-26(33)34-18-9-10-19-20(11-14-28-22(19)17-18)24-23-8-5-16-32(23)30-25(24)21-7-3-4-12-27-21/h3-4,7,9-12,14,17H,5-6,8,13,15-16H2,1-2H3,(H,29,33). The predicted octanol–water partition coefficient (Wildman–Crippen LogP) is 4.15. The number of aromatic nitrogens is 4. The highest BCUT2D eigenvalue weighted by atomic mass is 16.6. The maximum absolute atomic E-state index is 12.2. The average Bonchev–Trinajstić information content (AvgIpc) is 3.43. The zero-order chi connectivity index (χ0) is 23.5. The van der Waals surface area contributed by atoms with Crippen molar-refractivity contribution in [3.8, 4) is 28.3 Å². The van der Waals surface area contributed by atoms with Crippen LogP contribution >= 0.6 is 0 Å². The maximum atomic E-state index is 12.2. The number of rotatable bonds is 7. The van der Waals surface area contributed by atoms with E-state index in [1.807, 2.05) is 56.6 Å². The van der Waals surface area contributed by atoms with Crippen LogP contribution in [0.2, 0.25) is 0 Å². The van der Waals surface area contributed by atoms with Crippen LogP contribution in [0.15, 0.2) is 54.9 Å². The van der Waals surface area contributed by atoms with Gasteiger partial charge in [-0.2, -0.15) is 5.10 Å². The Morgan fingerprint density at radius 1 is 1.15 bits per heavy atom. The number of carbonyl (C=O) groups excluding carboxylic acids is 1. The molecule has 0 bridgehead atoms. The molecule has 0 aliphatic carbocycles. The number of nitrogens with one attached hydrogen (secondary N) is 1. The summed E-state index contributed by atoms with van der Waals surface area (Å²) in [6.45, 7) is 2.39. The fraction of sp³-hybridized carbons (Fsp3) is 0.308. The Hall–Kier alpha value is -3.78. The summed E-state index contributed by atoms with van der Waals surface area (Å²) >= 11 is 0. The predicted molar refractivity (Wildman–Crippen MR) is 132 cm³/mol. The van der Waals surface area contributed by atoms with E-state index in [0.29, 0.717) is 12.3 Å². The molecule has 0 spiro atoms. The SMILES string of the molecule is CN(C)CCCNC(=O)Oc1ccc2c(-c3c(-c4ccccn4)nn4c3CCC4)ccnc2c1. The first kappa shape index (κ1) is 22.0. The number of hydrogen-bond donors (Lipinski definition) is 1. The third-order valence-electron chi connectivity index (χ3n) is 5.99. The van der Waals surface area contributed by atoms with Crippen LogP contribution in [0.3, 0.4) is 0 Å². The molecule has 34 heavy (non-hydrogen) atoms. The third kappa shape index (κ3) is 4.49. The van der Waals surface area contributed by atoms with E-state index in [9.17, 15) is 4.79 Å². The molecule has 4 heterocycles. The van der Waals surface area contributed by atoms with E-state index in [1.165, 1.54) is 5.69 Å². The molecular formula is C26H28N6O2. The zero-order valence-electron chi connectivity index (χ0n) is 19.5. The monoisotopic (exact) mass is 456 g/mol. The van der Waals surface area contributed by atoms with E-state index in [0.717, 1.165) is 65.8 Å². The molecule has 1 N–H and O–H groups in total. The van der Waals surface area contributed by atoms with Gasteiger partial charge in [0.05, 0.1) is 11.2 Å². The van der Waals surface area contributed by atoms with Gasteiger partial charge in [-0.15, -0.1) is 0 Å². The second-order valence-electron chi connectivity index (χ2n) is 8.72. The Labute approximate surface area is 198 Å². The summed E-state index contributed by atoms with van der Waals surface area (Å²) in [7, 11) is 4.01. The number of aryl methyl sites for hydroxylation is 1. The van der Waals surface area contributed by atoms with Crippen LogP contribution in [0.25, 0.3) is 33.4 Å². The highest BCUT2D eigenvalue weighted by Crippen LogP contribution is 2.40. The van der Waals surface area contributed by atoms with Gasteiger partial charge in [0.25, 0.3) is 0 Å². The topological polar surface area (TPSA) is 85.2 Å². The Kier molecular flexibility index (Phi) is 6.22. The van der Waals surface area contributed by atoms with Gasteiger partial charge in [-0.05, 0) is 75.8 Å². The second-order valence-corrected chi connectivity index (χ2v) is 8.72. The Morgan fingerprint density at radius 3 is 2.88 bits per heavy atom. The fourth-order valence-corrected chi connectivity index (χ4v) is 4.44. The third-order valence-corrected chi connectivity index (χ3v) is 5.99. The van der Waals surface area contributed by atoms with E-state index in [1.54, 1.807) is 12.4 Å². The lowest BCUT2D eigenvalue weighted by atomic mass is 9.96. The van der Waals surface area contributed by atoms with Crippen molar-refractivity contribution in [1.29, 1.82) is 0 Å². The van der Waals surface area contributed by atoms with Crippen molar-refractivity contribution in [2.24, 2.45) is 0 Å². The van der Waals surface area contributed by atoms with Gasteiger partial charge in [-0.25, -0.2) is 4.79 Å². The van der Waals surface area contributed by atoms with Crippen LogP contribution in [0.4, 0.5) is 4.79 Å². The van der Waals surface area contributed by atoms with Crippen LogP contribution in [0, 0.1) is 0 Å². The molecule has 0 radical (unpaired) electrons. The fourth-order valence-electron chi connectivity index (χ4n) is 4.44. The highest BCUT2D eigenvalue weighted by Gasteiger charge is 2.25. The average molecular weight is 457 g/mol. The van der Waals surface area contributed by atoms with E-state index >= 15 is 0 Å². The molecule has 1 aliphatic rings. The minimum absolute atomic E-state index is 0.457. The van der Waals surface area contributed by atoms with E-state index in [-0.39, 0.29) is 0 Å². The zero-order valence-corrected chi connectivity index (χ0v) is 19.5. The summed E-state index contributed by atoms with van der Waals surface area (Å²) in [4.78, 5) is 23.4. The largest absolute Gasteiger partial charge is 0.412 e. The Morgan fingerprint density at radius 2 is 2.06 bits per heavy atom. The number of hydrogen-bond acceptors (Lipinski definition) is 6. The molecule has 8 nitrogen and oxygen atoms in total. The molecule has 0 saturated heterocycles. The highest BCUT2D eigenvalue weighted by molar-refractivity contribution is 5.99. The van der Waals surface area contributed by atoms with Gasteiger partial charge in [0.15, 0.2) is 0 Å². The van der Waals surface area contributed by atoms with Gasteiger partial charge in [0.1, 0.15) is 11.4 Å².